The van der Waals surface area contributed by atoms with Crippen LogP contribution in [0.3, 0.4) is 0 Å². The molecule has 0 aromatic rings. The third-order valence-corrected chi connectivity index (χ3v) is 24.2. The second-order valence-electron chi connectivity index (χ2n) is 34.3. The van der Waals surface area contributed by atoms with Gasteiger partial charge in [0.05, 0.1) is 82.7 Å². The number of rotatable bonds is 60. The van der Waals surface area contributed by atoms with Gasteiger partial charge in [-0.25, -0.2) is 9.59 Å². The average Bonchev–Trinajstić information content (AvgIpc) is 0.745. The van der Waals surface area contributed by atoms with Gasteiger partial charge in [0, 0.05) is 33.1 Å². The molecule has 34 unspecified atom stereocenters. The van der Waals surface area contributed by atoms with E-state index in [1.807, 2.05) is 0 Å². The highest BCUT2D eigenvalue weighted by atomic mass is 16.8. The predicted octanol–water partition coefficient (Wildman–Crippen LogP) is -4.90. The van der Waals surface area contributed by atoms with Crippen LogP contribution >= 0.6 is 0 Å². The summed E-state index contributed by atoms with van der Waals surface area (Å²) in [4.78, 5) is 80.5. The van der Waals surface area contributed by atoms with Crippen LogP contribution in [0.1, 0.15) is 220 Å². The third kappa shape index (κ3) is 32.5. The number of unbranched alkanes of at least 4 members (excludes halogenated alkanes) is 25. The number of carbonyl (C=O) groups is 6. The van der Waals surface area contributed by atoms with Gasteiger partial charge in [0.25, 0.3) is 11.6 Å². The molecule has 0 radical (unpaired) electrons. The van der Waals surface area contributed by atoms with Crippen molar-refractivity contribution < 1.29 is 198 Å². The lowest BCUT2D eigenvalue weighted by Gasteiger charge is -2.53. The minimum atomic E-state index is -3.71. The molecule has 0 aromatic carbocycles. The van der Waals surface area contributed by atoms with Crippen LogP contribution in [0.5, 0.6) is 0 Å². The Morgan fingerprint density at radius 1 is 0.430 bits per heavy atom. The topological polar surface area (TPSA) is 706 Å². The van der Waals surface area contributed by atoms with E-state index in [1.54, 1.807) is 6.08 Å². The zero-order valence-corrected chi connectivity index (χ0v) is 73.7. The van der Waals surface area contributed by atoms with Crippen LogP contribution < -0.4 is 21.3 Å². The molecule has 4 amide bonds. The van der Waals surface area contributed by atoms with Gasteiger partial charge in [0.1, 0.15) is 141 Å². The van der Waals surface area contributed by atoms with Gasteiger partial charge in [-0.05, 0) is 19.3 Å². The number of aliphatic carboxylic acids is 2. The summed E-state index contributed by atoms with van der Waals surface area (Å²) in [7, 11) is 0. The lowest BCUT2D eigenvalue weighted by Crippen LogP contribution is -2.73. The van der Waals surface area contributed by atoms with Crippen molar-refractivity contribution in [3.63, 3.8) is 0 Å². The van der Waals surface area contributed by atoms with Crippen molar-refractivity contribution in [2.75, 3.05) is 52.9 Å². The Bertz CT molecular complexity index is 3220. The van der Waals surface area contributed by atoms with Crippen LogP contribution in [-0.2, 0) is 85.6 Å². The predicted molar refractivity (Wildman–Crippen MR) is 441 cm³/mol. The SMILES string of the molecule is CCCCCCCCCCCCCC=CC(O)C(COC1OC(CO)C(OC2OC(CO)C(OC3OC(CO)C(O)C(OC4OC(CO)C(O)C(O)C4O)C3NC(C)=O)C(OC3(C(=O)O)CC(O)C(NC(C)=O)C(C(O)C(CO)OC4(C(=O)O)CC(O)C(NC(=O)CO)C(C(O)C(O)CO)O4)O3)C2O)C(O)C1O)NC(=O)CCCCCCCCCCCCCCCCC. The Morgan fingerprint density at radius 3 is 1.37 bits per heavy atom. The van der Waals surface area contributed by atoms with Crippen LogP contribution in [0.4, 0.5) is 0 Å². The molecule has 6 aliphatic rings. The van der Waals surface area contributed by atoms with Crippen molar-refractivity contribution in [3.05, 3.63) is 12.2 Å². The minimum Gasteiger partial charge on any atom is -0.477 e. The summed E-state index contributed by atoms with van der Waals surface area (Å²) < 4.78 is 72.1. The number of carboxylic acids is 2. The molecule has 128 heavy (non-hydrogen) atoms. The Morgan fingerprint density at radius 2 is 0.859 bits per heavy atom. The molecule has 44 heteroatoms. The fraction of sp³-hybridized carbons (Fsp3) is 0.905. The van der Waals surface area contributed by atoms with E-state index < -0.39 is 309 Å². The van der Waals surface area contributed by atoms with Gasteiger partial charge in [-0.2, -0.15) is 0 Å². The maximum Gasteiger partial charge on any atom is 0.364 e. The molecule has 0 aromatic heterocycles. The molecule has 34 atom stereocenters. The van der Waals surface area contributed by atoms with Gasteiger partial charge in [0.15, 0.2) is 25.2 Å². The molecule has 744 valence electrons. The summed E-state index contributed by atoms with van der Waals surface area (Å²) in [5.41, 5.74) is 0. The normalized spacial score (nSPS) is 34.9. The number of hydrogen-bond donors (Lipinski definition) is 26. The van der Waals surface area contributed by atoms with Crippen molar-refractivity contribution in [1.29, 1.82) is 0 Å². The average molecular weight is 1850 g/mol. The number of carbonyl (C=O) groups excluding carboxylic acids is 4. The van der Waals surface area contributed by atoms with E-state index in [-0.39, 0.29) is 6.42 Å². The smallest absolute Gasteiger partial charge is 0.364 e. The van der Waals surface area contributed by atoms with Crippen molar-refractivity contribution >= 4 is 35.6 Å². The fourth-order valence-corrected chi connectivity index (χ4v) is 16.9. The lowest BCUT2D eigenvalue weighted by molar-refractivity contribution is -0.404. The van der Waals surface area contributed by atoms with Crippen LogP contribution in [-0.4, -0.2) is 408 Å². The molecule has 6 fully saturated rings. The molecule has 0 saturated carbocycles. The summed E-state index contributed by atoms with van der Waals surface area (Å²) >= 11 is 0. The van der Waals surface area contributed by atoms with Gasteiger partial charge in [-0.3, -0.25) is 19.2 Å². The summed E-state index contributed by atoms with van der Waals surface area (Å²) in [6, 6.07) is -7.34. The molecular formula is C84H148N4O40. The first-order valence-corrected chi connectivity index (χ1v) is 45.4. The number of carboxylic acid groups (broad SMARTS) is 2. The zero-order valence-electron chi connectivity index (χ0n) is 73.7. The molecule has 0 spiro atoms. The molecule has 26 N–H and O–H groups in total. The molecular weight excluding hydrogens is 1700 g/mol. The van der Waals surface area contributed by atoms with E-state index >= 15 is 0 Å². The Labute approximate surface area is 744 Å². The summed E-state index contributed by atoms with van der Waals surface area (Å²) in [6.07, 6.45) is -33.0. The largest absolute Gasteiger partial charge is 0.477 e. The maximum atomic E-state index is 14.4. The molecule has 6 rings (SSSR count). The van der Waals surface area contributed by atoms with Crippen molar-refractivity contribution in [3.8, 4) is 0 Å². The van der Waals surface area contributed by atoms with Gasteiger partial charge < -0.3 is 190 Å². The molecule has 6 heterocycles. The van der Waals surface area contributed by atoms with Crippen LogP contribution in [0, 0.1) is 0 Å². The second-order valence-corrected chi connectivity index (χ2v) is 34.3. The first kappa shape index (κ1) is 112. The molecule has 44 nitrogen and oxygen atoms in total. The van der Waals surface area contributed by atoms with Crippen LogP contribution in [0.25, 0.3) is 0 Å². The second kappa shape index (κ2) is 57.2. The number of aliphatic hydroxyl groups excluding tert-OH is 20. The number of hydrogen-bond acceptors (Lipinski definition) is 38. The van der Waals surface area contributed by atoms with E-state index in [1.165, 1.54) is 102 Å². The molecule has 0 aliphatic carbocycles. The standard InChI is InChI=1S/C84H148N4O40/c1-5-7-9-11-13-15-17-19-20-22-24-26-28-30-32-34-57(102)87-47(48(98)33-31-29-27-25-23-21-18-16-14-12-10-8-6-2)44-117-78-69(111)67(109)71(55(41-93)120-78)122-80-70(112)76(72(56(42-94)121-80)123-77-61(86-46(4)97)73(64(106)53(39-91)118-77)124-79-68(110)66(108)63(105)52(38-90)119-79)128-84(82(115)116)36-49(99)59(85-45(3)96)75(127-84)65(107)54(40-92)125-83(81(113)114)35-50(100)60(88-58(103)43-95)74(126-83)62(104)51(101)37-89/h31,33,47-56,59-80,89-95,98-101,104-112H,5-30,32,34-44H2,1-4H3,(H,85,96)(H,86,97)(H,87,102)(H,88,103)(H,113,114)(H,115,116). The van der Waals surface area contributed by atoms with Crippen molar-refractivity contribution in [2.45, 2.75) is 428 Å². The number of ether oxygens (including phenoxy) is 12. The van der Waals surface area contributed by atoms with Gasteiger partial charge in [-0.15, -0.1) is 0 Å². The van der Waals surface area contributed by atoms with Crippen molar-refractivity contribution in [2.24, 2.45) is 0 Å². The zero-order chi connectivity index (χ0) is 94.5. The third-order valence-electron chi connectivity index (χ3n) is 24.2. The number of allylic oxidation sites excluding steroid dienone is 1. The van der Waals surface area contributed by atoms with E-state index in [0.29, 0.717) is 12.8 Å². The molecule has 6 aliphatic heterocycles. The monoisotopic (exact) mass is 1850 g/mol. The van der Waals surface area contributed by atoms with E-state index in [2.05, 4.69) is 35.1 Å². The van der Waals surface area contributed by atoms with Crippen LogP contribution in [0.15, 0.2) is 12.2 Å². The van der Waals surface area contributed by atoms with Gasteiger partial charge in [0.2, 0.25) is 23.6 Å². The molecule has 0 bridgehead atoms. The minimum absolute atomic E-state index is 0.0809. The summed E-state index contributed by atoms with van der Waals surface area (Å²) in [6.45, 7) is -3.35. The summed E-state index contributed by atoms with van der Waals surface area (Å²) in [5.74, 6) is -15.6. The maximum absolute atomic E-state index is 14.4. The van der Waals surface area contributed by atoms with Crippen LogP contribution in [0.2, 0.25) is 0 Å². The number of amides is 4. The van der Waals surface area contributed by atoms with E-state index in [0.717, 1.165) is 78.1 Å². The van der Waals surface area contributed by atoms with Gasteiger partial charge in [-0.1, -0.05) is 180 Å². The first-order chi connectivity index (χ1) is 61.1. The highest BCUT2D eigenvalue weighted by molar-refractivity contribution is 5.79. The quantitative estimate of drug-likeness (QED) is 0.0200. The fourth-order valence-electron chi connectivity index (χ4n) is 16.9. The van der Waals surface area contributed by atoms with Gasteiger partial charge >= 0.3 is 11.9 Å². The Hall–Kier alpha value is -4.72. The highest BCUT2D eigenvalue weighted by Gasteiger charge is 2.64. The first-order valence-electron chi connectivity index (χ1n) is 45.4. The lowest BCUT2D eigenvalue weighted by atomic mass is 9.87. The van der Waals surface area contributed by atoms with Crippen molar-refractivity contribution in [1.82, 2.24) is 21.3 Å². The van der Waals surface area contributed by atoms with E-state index in [4.69, 9.17) is 56.8 Å². The summed E-state index contributed by atoms with van der Waals surface area (Å²) in [5, 5.41) is 257. The Balaban J connectivity index is 1.34. The highest BCUT2D eigenvalue weighted by Crippen LogP contribution is 2.43. The van der Waals surface area contributed by atoms with E-state index in [9.17, 15) is 141 Å². The molecule has 6 saturated heterocycles. The number of aliphatic hydroxyl groups is 20. The Kier molecular flexibility index (Phi) is 50.1. The number of nitrogens with one attached hydrogen (secondary N) is 4.